The Hall–Kier alpha value is -2.55. The Labute approximate surface area is 150 Å². The first kappa shape index (κ1) is 18.8. The summed E-state index contributed by atoms with van der Waals surface area (Å²) in [6.07, 6.45) is 1.94. The third-order valence-electron chi connectivity index (χ3n) is 4.45. The molecule has 0 saturated carbocycles. The predicted molar refractivity (Wildman–Crippen MR) is 101 cm³/mol. The van der Waals surface area contributed by atoms with Gasteiger partial charge in [0.1, 0.15) is 11.5 Å². The number of aryl methyl sites for hydroxylation is 4. The average Bonchev–Trinajstić information content (AvgIpc) is 2.55. The third-order valence-corrected chi connectivity index (χ3v) is 4.45. The first-order chi connectivity index (χ1) is 11.8. The number of carbonyl (C=O) groups is 1. The second-order valence-electron chi connectivity index (χ2n) is 6.61. The van der Waals surface area contributed by atoms with Crippen molar-refractivity contribution in [3.63, 3.8) is 0 Å². The fourth-order valence-corrected chi connectivity index (χ4v) is 3.39. The zero-order chi connectivity index (χ0) is 18.7. The number of esters is 1. The number of phenols is 1. The molecule has 132 valence electrons. The number of carbonyl (C=O) groups excluding carboxylic acids is 1. The molecule has 0 bridgehead atoms. The molecule has 0 saturated heterocycles. The van der Waals surface area contributed by atoms with Gasteiger partial charge in [0.05, 0.1) is 0 Å². The van der Waals surface area contributed by atoms with Gasteiger partial charge in [-0.05, 0) is 45.2 Å². The Kier molecular flexibility index (Phi) is 5.68. The van der Waals surface area contributed by atoms with Crippen molar-refractivity contribution < 1.29 is 14.6 Å². The Morgan fingerprint density at radius 2 is 1.64 bits per heavy atom. The van der Waals surface area contributed by atoms with E-state index in [0.717, 1.165) is 45.9 Å². The van der Waals surface area contributed by atoms with E-state index in [1.54, 1.807) is 0 Å². The molecule has 25 heavy (non-hydrogen) atoms. The number of ether oxygens (including phenoxy) is 1. The highest BCUT2D eigenvalue weighted by molar-refractivity contribution is 5.84. The second kappa shape index (κ2) is 7.56. The van der Waals surface area contributed by atoms with Crippen molar-refractivity contribution in [2.75, 3.05) is 0 Å². The molecule has 0 fully saturated rings. The quantitative estimate of drug-likeness (QED) is 0.459. The van der Waals surface area contributed by atoms with Gasteiger partial charge < -0.3 is 9.84 Å². The molecule has 1 atom stereocenters. The molecule has 1 unspecified atom stereocenters. The highest BCUT2D eigenvalue weighted by Crippen LogP contribution is 2.41. The standard InChI is InChI=1S/C22H26O3/c1-7-17(18-11-13(3)9-15(5)21(18)24)19-12-14(4)10-16(6)22(19)25-20(23)8-2/h8-12,17,24H,2,7H2,1,3-6H3. The number of rotatable bonds is 5. The van der Waals surface area contributed by atoms with Crippen LogP contribution in [-0.4, -0.2) is 11.1 Å². The number of benzene rings is 2. The van der Waals surface area contributed by atoms with E-state index in [4.69, 9.17) is 4.74 Å². The number of hydrogen-bond acceptors (Lipinski definition) is 3. The molecule has 3 nitrogen and oxygen atoms in total. The summed E-state index contributed by atoms with van der Waals surface area (Å²) in [5, 5.41) is 10.6. The van der Waals surface area contributed by atoms with Crippen molar-refractivity contribution in [3.8, 4) is 11.5 Å². The molecule has 0 radical (unpaired) electrons. The molecular weight excluding hydrogens is 312 g/mol. The zero-order valence-electron chi connectivity index (χ0n) is 15.6. The summed E-state index contributed by atoms with van der Waals surface area (Å²) in [7, 11) is 0. The molecule has 1 N–H and O–H groups in total. The van der Waals surface area contributed by atoms with Gasteiger partial charge in [0.15, 0.2) is 0 Å². The van der Waals surface area contributed by atoms with Gasteiger partial charge in [-0.1, -0.05) is 48.9 Å². The maximum Gasteiger partial charge on any atom is 0.335 e. The van der Waals surface area contributed by atoms with Crippen LogP contribution < -0.4 is 4.74 Å². The lowest BCUT2D eigenvalue weighted by molar-refractivity contribution is -0.129. The molecule has 3 heteroatoms. The zero-order valence-corrected chi connectivity index (χ0v) is 15.6. The summed E-state index contributed by atoms with van der Waals surface area (Å²) in [5.41, 5.74) is 5.71. The van der Waals surface area contributed by atoms with Gasteiger partial charge in [-0.2, -0.15) is 0 Å². The summed E-state index contributed by atoms with van der Waals surface area (Å²) < 4.78 is 5.55. The molecule has 0 spiro atoms. The maximum absolute atomic E-state index is 11.8. The lowest BCUT2D eigenvalue weighted by atomic mass is 9.84. The van der Waals surface area contributed by atoms with Crippen molar-refractivity contribution >= 4 is 5.97 Å². The Bertz CT molecular complexity index is 819. The van der Waals surface area contributed by atoms with Gasteiger partial charge >= 0.3 is 5.97 Å². The number of hydrogen-bond donors (Lipinski definition) is 1. The van der Waals surface area contributed by atoms with Crippen LogP contribution in [0.3, 0.4) is 0 Å². The molecule has 0 heterocycles. The molecule has 2 aromatic rings. The Balaban J connectivity index is 2.69. The Morgan fingerprint density at radius 1 is 1.08 bits per heavy atom. The summed E-state index contributed by atoms with van der Waals surface area (Å²) in [6.45, 7) is 13.4. The largest absolute Gasteiger partial charge is 0.507 e. The average molecular weight is 338 g/mol. The normalized spacial score (nSPS) is 11.9. The third kappa shape index (κ3) is 3.93. The fourth-order valence-electron chi connectivity index (χ4n) is 3.39. The second-order valence-corrected chi connectivity index (χ2v) is 6.61. The van der Waals surface area contributed by atoms with Crippen LogP contribution in [-0.2, 0) is 4.79 Å². The highest BCUT2D eigenvalue weighted by atomic mass is 16.5. The summed E-state index contributed by atoms with van der Waals surface area (Å²) in [4.78, 5) is 11.8. The van der Waals surface area contributed by atoms with Crippen LogP contribution in [0, 0.1) is 27.7 Å². The molecular formula is C22H26O3. The van der Waals surface area contributed by atoms with Crippen molar-refractivity contribution in [1.82, 2.24) is 0 Å². The molecule has 0 aliphatic carbocycles. The smallest absolute Gasteiger partial charge is 0.335 e. The summed E-state index contributed by atoms with van der Waals surface area (Å²) in [5.74, 6) is 0.316. The number of phenolic OH excluding ortho intramolecular Hbond substituents is 1. The van der Waals surface area contributed by atoms with Crippen LogP contribution >= 0.6 is 0 Å². The topological polar surface area (TPSA) is 46.5 Å². The van der Waals surface area contributed by atoms with Gasteiger partial charge in [0.2, 0.25) is 0 Å². The fraction of sp³-hybridized carbons (Fsp3) is 0.318. The van der Waals surface area contributed by atoms with Gasteiger partial charge in [-0.15, -0.1) is 0 Å². The van der Waals surface area contributed by atoms with E-state index in [9.17, 15) is 9.90 Å². The van der Waals surface area contributed by atoms with Crippen molar-refractivity contribution in [2.45, 2.75) is 47.0 Å². The lowest BCUT2D eigenvalue weighted by Crippen LogP contribution is -2.11. The molecule has 0 aliphatic rings. The van der Waals surface area contributed by atoms with Crippen LogP contribution in [0.5, 0.6) is 11.5 Å². The monoisotopic (exact) mass is 338 g/mol. The van der Waals surface area contributed by atoms with Gasteiger partial charge in [0, 0.05) is 23.1 Å². The molecule has 0 aliphatic heterocycles. The minimum atomic E-state index is -0.479. The van der Waals surface area contributed by atoms with Crippen molar-refractivity contribution in [1.29, 1.82) is 0 Å². The van der Waals surface area contributed by atoms with Crippen LogP contribution in [0.2, 0.25) is 0 Å². The predicted octanol–water partition coefficient (Wildman–Crippen LogP) is 5.26. The summed E-state index contributed by atoms with van der Waals surface area (Å²) >= 11 is 0. The van der Waals surface area contributed by atoms with E-state index < -0.39 is 5.97 Å². The van der Waals surface area contributed by atoms with Crippen LogP contribution in [0.25, 0.3) is 0 Å². The minimum Gasteiger partial charge on any atom is -0.507 e. The van der Waals surface area contributed by atoms with Crippen LogP contribution in [0.15, 0.2) is 36.9 Å². The first-order valence-corrected chi connectivity index (χ1v) is 8.54. The van der Waals surface area contributed by atoms with E-state index in [-0.39, 0.29) is 5.92 Å². The van der Waals surface area contributed by atoms with Gasteiger partial charge in [0.25, 0.3) is 0 Å². The van der Waals surface area contributed by atoms with Gasteiger partial charge in [-0.25, -0.2) is 4.79 Å². The van der Waals surface area contributed by atoms with Crippen LogP contribution in [0.1, 0.15) is 52.6 Å². The summed E-state index contributed by atoms with van der Waals surface area (Å²) in [6, 6.07) is 7.99. The minimum absolute atomic E-state index is 0.0650. The Morgan fingerprint density at radius 3 is 2.20 bits per heavy atom. The van der Waals surface area contributed by atoms with E-state index in [1.165, 1.54) is 0 Å². The van der Waals surface area contributed by atoms with E-state index >= 15 is 0 Å². The maximum atomic E-state index is 11.8. The highest BCUT2D eigenvalue weighted by Gasteiger charge is 2.23. The van der Waals surface area contributed by atoms with E-state index in [1.807, 2.05) is 52.0 Å². The van der Waals surface area contributed by atoms with Crippen molar-refractivity contribution in [3.05, 3.63) is 70.3 Å². The molecule has 0 amide bonds. The SMILES string of the molecule is C=CC(=O)Oc1c(C)cc(C)cc1C(CC)c1cc(C)cc(C)c1O. The molecule has 0 aromatic heterocycles. The lowest BCUT2D eigenvalue weighted by Gasteiger charge is -2.23. The van der Waals surface area contributed by atoms with Gasteiger partial charge in [-0.3, -0.25) is 0 Å². The first-order valence-electron chi connectivity index (χ1n) is 8.54. The van der Waals surface area contributed by atoms with Crippen LogP contribution in [0.4, 0.5) is 0 Å². The van der Waals surface area contributed by atoms with E-state index in [0.29, 0.717) is 11.5 Å². The van der Waals surface area contributed by atoms with E-state index in [2.05, 4.69) is 13.5 Å². The molecule has 2 rings (SSSR count). The van der Waals surface area contributed by atoms with Crippen molar-refractivity contribution in [2.24, 2.45) is 0 Å². The number of aromatic hydroxyl groups is 1. The molecule has 2 aromatic carbocycles.